The third-order valence-electron chi connectivity index (χ3n) is 5.94. The molecule has 1 heterocycles. The van der Waals surface area contributed by atoms with E-state index in [1.165, 1.54) is 50.2 Å². The quantitative estimate of drug-likeness (QED) is 0.326. The minimum absolute atomic E-state index is 0.140. The zero-order chi connectivity index (χ0) is 28.1. The summed E-state index contributed by atoms with van der Waals surface area (Å²) in [6, 6.07) is 15.6. The largest absolute Gasteiger partial charge is 0.497 e. The van der Waals surface area contributed by atoms with E-state index in [0.29, 0.717) is 17.0 Å². The van der Waals surface area contributed by atoms with Crippen molar-refractivity contribution in [3.05, 3.63) is 87.1 Å². The van der Waals surface area contributed by atoms with Crippen LogP contribution in [0.4, 0.5) is 5.69 Å². The van der Waals surface area contributed by atoms with Crippen LogP contribution in [-0.2, 0) is 16.1 Å². The lowest BCUT2D eigenvalue weighted by molar-refractivity contribution is -0.116. The number of benzene rings is 3. The molecule has 4 rings (SSSR count). The highest BCUT2D eigenvalue weighted by Gasteiger charge is 2.20. The zero-order valence-corrected chi connectivity index (χ0v) is 21.8. The van der Waals surface area contributed by atoms with E-state index in [0.717, 1.165) is 4.57 Å². The van der Waals surface area contributed by atoms with Crippen LogP contribution in [0, 0.1) is 0 Å². The maximum Gasteiger partial charge on any atom is 0.338 e. The Kier molecular flexibility index (Phi) is 7.99. The number of amides is 1. The van der Waals surface area contributed by atoms with Crippen molar-refractivity contribution in [2.75, 3.05) is 33.3 Å². The van der Waals surface area contributed by atoms with Crippen molar-refractivity contribution in [2.45, 2.75) is 13.5 Å². The average Bonchev–Trinajstić information content (AvgIpc) is 2.95. The molecular formula is C28H27N3O8. The zero-order valence-electron chi connectivity index (χ0n) is 21.8. The summed E-state index contributed by atoms with van der Waals surface area (Å²) in [6.07, 6.45) is 0. The number of esters is 1. The lowest BCUT2D eigenvalue weighted by Gasteiger charge is -2.17. The monoisotopic (exact) mass is 533 g/mol. The number of hydrogen-bond acceptors (Lipinski definition) is 8. The van der Waals surface area contributed by atoms with Crippen LogP contribution >= 0.6 is 0 Å². The third kappa shape index (κ3) is 5.47. The first-order valence-electron chi connectivity index (χ1n) is 11.9. The molecule has 1 N–H and O–H groups in total. The van der Waals surface area contributed by atoms with Gasteiger partial charge < -0.3 is 24.3 Å². The smallest absolute Gasteiger partial charge is 0.338 e. The van der Waals surface area contributed by atoms with Gasteiger partial charge in [-0.3, -0.25) is 14.2 Å². The molecule has 3 aromatic carbocycles. The van der Waals surface area contributed by atoms with Gasteiger partial charge in [-0.05, 0) is 49.4 Å². The molecule has 0 unspecified atom stereocenters. The van der Waals surface area contributed by atoms with Crippen LogP contribution in [0.25, 0.3) is 16.6 Å². The van der Waals surface area contributed by atoms with Crippen molar-refractivity contribution in [2.24, 2.45) is 0 Å². The maximum atomic E-state index is 13.7. The fourth-order valence-electron chi connectivity index (χ4n) is 4.07. The van der Waals surface area contributed by atoms with Gasteiger partial charge in [0.15, 0.2) is 11.5 Å². The number of methoxy groups -OCH3 is 3. The molecule has 0 fully saturated rings. The van der Waals surface area contributed by atoms with Crippen molar-refractivity contribution in [1.29, 1.82) is 0 Å². The molecule has 202 valence electrons. The van der Waals surface area contributed by atoms with Gasteiger partial charge in [-0.1, -0.05) is 6.07 Å². The normalized spacial score (nSPS) is 10.7. The second-order valence-electron chi connectivity index (χ2n) is 8.28. The Morgan fingerprint density at radius 1 is 0.872 bits per heavy atom. The molecule has 0 atom stereocenters. The van der Waals surface area contributed by atoms with Crippen molar-refractivity contribution < 1.29 is 28.5 Å². The highest BCUT2D eigenvalue weighted by molar-refractivity contribution is 5.94. The van der Waals surface area contributed by atoms with Crippen LogP contribution in [-0.4, -0.2) is 48.9 Å². The van der Waals surface area contributed by atoms with Gasteiger partial charge >= 0.3 is 11.7 Å². The summed E-state index contributed by atoms with van der Waals surface area (Å²) in [5.41, 5.74) is -0.134. The van der Waals surface area contributed by atoms with E-state index >= 15 is 0 Å². The van der Waals surface area contributed by atoms with Crippen LogP contribution < -0.4 is 30.8 Å². The fourth-order valence-corrected chi connectivity index (χ4v) is 4.07. The van der Waals surface area contributed by atoms with E-state index < -0.39 is 29.7 Å². The van der Waals surface area contributed by atoms with Gasteiger partial charge in [-0.25, -0.2) is 14.2 Å². The van der Waals surface area contributed by atoms with Crippen molar-refractivity contribution in [3.8, 4) is 22.9 Å². The second-order valence-corrected chi connectivity index (χ2v) is 8.28. The Morgan fingerprint density at radius 3 is 2.21 bits per heavy atom. The molecule has 39 heavy (non-hydrogen) atoms. The van der Waals surface area contributed by atoms with E-state index in [1.807, 2.05) is 0 Å². The second kappa shape index (κ2) is 11.5. The third-order valence-corrected chi connectivity index (χ3v) is 5.94. The van der Waals surface area contributed by atoms with Crippen molar-refractivity contribution in [3.63, 3.8) is 0 Å². The summed E-state index contributed by atoms with van der Waals surface area (Å²) >= 11 is 0. The van der Waals surface area contributed by atoms with E-state index in [9.17, 15) is 19.2 Å². The van der Waals surface area contributed by atoms with Crippen LogP contribution in [0.3, 0.4) is 0 Å². The number of fused-ring (bicyclic) bond motifs is 1. The Balaban J connectivity index is 1.80. The van der Waals surface area contributed by atoms with Gasteiger partial charge in [-0.15, -0.1) is 0 Å². The number of carbonyl (C=O) groups excluding carboxylic acids is 2. The SMILES string of the molecule is CCOC(=O)c1ccc(NC(=O)Cn2c(=O)n(-c3cccc(OC)c3)c(=O)c3cc(OC)c(OC)cc32)cc1. The number of aromatic nitrogens is 2. The van der Waals surface area contributed by atoms with Crippen molar-refractivity contribution in [1.82, 2.24) is 9.13 Å². The van der Waals surface area contributed by atoms with E-state index in [2.05, 4.69) is 5.32 Å². The Morgan fingerprint density at radius 2 is 1.56 bits per heavy atom. The molecule has 0 aliphatic carbocycles. The molecule has 0 bridgehead atoms. The lowest BCUT2D eigenvalue weighted by atomic mass is 10.2. The minimum atomic E-state index is -0.735. The number of carbonyl (C=O) groups is 2. The van der Waals surface area contributed by atoms with Gasteiger partial charge in [0, 0.05) is 17.8 Å². The summed E-state index contributed by atoms with van der Waals surface area (Å²) in [5.74, 6) is 0.00882. The number of nitrogens with one attached hydrogen (secondary N) is 1. The van der Waals surface area contributed by atoms with E-state index in [-0.39, 0.29) is 34.7 Å². The molecule has 4 aromatic rings. The van der Waals surface area contributed by atoms with Gasteiger partial charge in [0.2, 0.25) is 5.91 Å². The molecule has 0 aliphatic heterocycles. The standard InChI is InChI=1S/C28H27N3O8/c1-5-39-27(34)17-9-11-18(12-10-17)29-25(32)16-30-22-15-24(38-4)23(37-3)14-21(22)26(33)31(28(30)35)19-7-6-8-20(13-19)36-2/h6-15H,5,16H2,1-4H3,(H,29,32). The Bertz CT molecular complexity index is 1650. The van der Waals surface area contributed by atoms with Crippen LogP contribution in [0.2, 0.25) is 0 Å². The first-order valence-corrected chi connectivity index (χ1v) is 11.9. The molecule has 1 amide bonds. The van der Waals surface area contributed by atoms with Gasteiger partial charge in [0.25, 0.3) is 5.56 Å². The summed E-state index contributed by atoms with van der Waals surface area (Å²) in [4.78, 5) is 52.2. The predicted octanol–water partition coefficient (Wildman–Crippen LogP) is 2.99. The average molecular weight is 534 g/mol. The highest BCUT2D eigenvalue weighted by atomic mass is 16.5. The first kappa shape index (κ1) is 27.0. The number of ether oxygens (including phenoxy) is 4. The molecule has 0 spiro atoms. The fraction of sp³-hybridized carbons (Fsp3) is 0.214. The summed E-state index contributed by atoms with van der Waals surface area (Å²) in [7, 11) is 4.33. The number of anilines is 1. The van der Waals surface area contributed by atoms with Crippen LogP contribution in [0.15, 0.2) is 70.3 Å². The van der Waals surface area contributed by atoms with Crippen LogP contribution in [0.1, 0.15) is 17.3 Å². The van der Waals surface area contributed by atoms with E-state index in [4.69, 9.17) is 18.9 Å². The van der Waals surface area contributed by atoms with Gasteiger partial charge in [0.05, 0.1) is 50.1 Å². The molecule has 11 heteroatoms. The lowest BCUT2D eigenvalue weighted by Crippen LogP contribution is -2.40. The topological polar surface area (TPSA) is 127 Å². The van der Waals surface area contributed by atoms with E-state index in [1.54, 1.807) is 43.3 Å². The number of nitrogens with zero attached hydrogens (tertiary/aromatic N) is 2. The van der Waals surface area contributed by atoms with Crippen molar-refractivity contribution >= 4 is 28.5 Å². The predicted molar refractivity (Wildman–Crippen MR) is 144 cm³/mol. The summed E-state index contributed by atoms with van der Waals surface area (Å²) in [5, 5.41) is 2.85. The summed E-state index contributed by atoms with van der Waals surface area (Å²) < 4.78 is 23.1. The number of rotatable bonds is 9. The van der Waals surface area contributed by atoms with Gasteiger partial charge in [0.1, 0.15) is 12.3 Å². The molecule has 0 radical (unpaired) electrons. The molecule has 0 aliphatic rings. The molecule has 11 nitrogen and oxygen atoms in total. The minimum Gasteiger partial charge on any atom is -0.497 e. The number of hydrogen-bond donors (Lipinski definition) is 1. The maximum absolute atomic E-state index is 13.7. The Labute approximate surface area is 223 Å². The summed E-state index contributed by atoms with van der Waals surface area (Å²) in [6.45, 7) is 1.53. The molecule has 0 saturated carbocycles. The Hall–Kier alpha value is -5.06. The molecule has 0 saturated heterocycles. The van der Waals surface area contributed by atoms with Crippen LogP contribution in [0.5, 0.6) is 17.2 Å². The molecular weight excluding hydrogens is 506 g/mol. The highest BCUT2D eigenvalue weighted by Crippen LogP contribution is 2.30. The van der Waals surface area contributed by atoms with Gasteiger partial charge in [-0.2, -0.15) is 0 Å². The molecule has 1 aromatic heterocycles. The first-order chi connectivity index (χ1) is 18.8.